The standard InChI is InChI=1S/C24H25FN6O7/c1-2-9-26-23(35)29-10-11-30(24(36)27-17-7-4-6-16(25)13-17)22(29)21(34)28-19(14-20(32)33)15-5-3-8-18(12-15)31(37)38/h2-8,12-13,19,22H,1,9-11,14H2,(H,26,35)(H,27,36)(H,28,34)(H,32,33). The molecule has 1 heterocycles. The highest BCUT2D eigenvalue weighted by atomic mass is 19.1. The summed E-state index contributed by atoms with van der Waals surface area (Å²) < 4.78 is 13.6. The van der Waals surface area contributed by atoms with E-state index in [1.807, 2.05) is 0 Å². The van der Waals surface area contributed by atoms with Crippen molar-refractivity contribution in [3.05, 3.63) is 82.7 Å². The highest BCUT2D eigenvalue weighted by Crippen LogP contribution is 2.24. The number of non-ortho nitro benzene ring substituents is 1. The summed E-state index contributed by atoms with van der Waals surface area (Å²) in [5.41, 5.74) is -0.0510. The second kappa shape index (κ2) is 12.3. The van der Waals surface area contributed by atoms with Gasteiger partial charge in [0.25, 0.3) is 11.6 Å². The number of amides is 5. The van der Waals surface area contributed by atoms with E-state index in [-0.39, 0.29) is 36.6 Å². The fraction of sp³-hybridized carbons (Fsp3) is 0.250. The Morgan fingerprint density at radius 1 is 1.13 bits per heavy atom. The molecule has 3 rings (SSSR count). The van der Waals surface area contributed by atoms with Crippen LogP contribution >= 0.6 is 0 Å². The minimum Gasteiger partial charge on any atom is -0.481 e. The molecule has 0 saturated carbocycles. The van der Waals surface area contributed by atoms with Gasteiger partial charge in [-0.1, -0.05) is 24.3 Å². The van der Waals surface area contributed by atoms with Crippen LogP contribution in [0.15, 0.2) is 61.2 Å². The first-order valence-corrected chi connectivity index (χ1v) is 11.4. The van der Waals surface area contributed by atoms with Crippen LogP contribution in [0.5, 0.6) is 0 Å². The summed E-state index contributed by atoms with van der Waals surface area (Å²) in [7, 11) is 0. The summed E-state index contributed by atoms with van der Waals surface area (Å²) in [4.78, 5) is 63.4. The first-order valence-electron chi connectivity index (χ1n) is 11.4. The Hall–Kier alpha value is -5.01. The van der Waals surface area contributed by atoms with Gasteiger partial charge >= 0.3 is 18.0 Å². The molecule has 0 radical (unpaired) electrons. The number of carbonyl (C=O) groups is 4. The number of hydrogen-bond acceptors (Lipinski definition) is 6. The molecule has 38 heavy (non-hydrogen) atoms. The summed E-state index contributed by atoms with van der Waals surface area (Å²) in [5, 5.41) is 28.1. The number of carbonyl (C=O) groups excluding carboxylic acids is 3. The fourth-order valence-corrected chi connectivity index (χ4v) is 3.89. The van der Waals surface area contributed by atoms with Crippen molar-refractivity contribution < 1.29 is 33.6 Å². The van der Waals surface area contributed by atoms with Crippen molar-refractivity contribution in [1.29, 1.82) is 0 Å². The van der Waals surface area contributed by atoms with E-state index in [2.05, 4.69) is 22.5 Å². The predicted molar refractivity (Wildman–Crippen MR) is 132 cm³/mol. The third kappa shape index (κ3) is 6.81. The molecule has 2 unspecified atom stereocenters. The smallest absolute Gasteiger partial charge is 0.323 e. The molecule has 0 bridgehead atoms. The maximum atomic E-state index is 13.6. The zero-order valence-electron chi connectivity index (χ0n) is 20.0. The van der Waals surface area contributed by atoms with E-state index in [4.69, 9.17) is 0 Å². The molecule has 14 heteroatoms. The maximum absolute atomic E-state index is 13.6. The number of nitro groups is 1. The molecule has 200 valence electrons. The van der Waals surface area contributed by atoms with E-state index in [0.717, 1.165) is 21.9 Å². The molecular formula is C24H25FN6O7. The average molecular weight is 528 g/mol. The van der Waals surface area contributed by atoms with Gasteiger partial charge < -0.3 is 21.1 Å². The lowest BCUT2D eigenvalue weighted by atomic mass is 10.0. The number of benzene rings is 2. The van der Waals surface area contributed by atoms with Gasteiger partial charge in [-0.15, -0.1) is 6.58 Å². The Morgan fingerprint density at radius 2 is 1.82 bits per heavy atom. The number of halogens is 1. The van der Waals surface area contributed by atoms with Crippen molar-refractivity contribution in [2.75, 3.05) is 25.0 Å². The normalized spacial score (nSPS) is 15.3. The number of nitrogens with one attached hydrogen (secondary N) is 3. The number of urea groups is 2. The van der Waals surface area contributed by atoms with E-state index in [9.17, 15) is 38.8 Å². The third-order valence-electron chi connectivity index (χ3n) is 5.58. The monoisotopic (exact) mass is 528 g/mol. The number of hydrogen-bond donors (Lipinski definition) is 4. The number of nitro benzene ring substituents is 1. The van der Waals surface area contributed by atoms with Crippen molar-refractivity contribution in [1.82, 2.24) is 20.4 Å². The molecule has 2 aromatic carbocycles. The molecule has 0 spiro atoms. The van der Waals surface area contributed by atoms with E-state index in [1.165, 1.54) is 42.5 Å². The molecule has 4 N–H and O–H groups in total. The first kappa shape index (κ1) is 27.6. The number of aliphatic carboxylic acids is 1. The van der Waals surface area contributed by atoms with Crippen LogP contribution in [0.4, 0.5) is 25.4 Å². The molecule has 0 aromatic heterocycles. The summed E-state index contributed by atoms with van der Waals surface area (Å²) >= 11 is 0. The minimum absolute atomic E-state index is 0.0436. The summed E-state index contributed by atoms with van der Waals surface area (Å²) in [6.45, 7) is 3.48. The SMILES string of the molecule is C=CCNC(=O)N1CCN(C(=O)Nc2cccc(F)c2)C1C(=O)NC(CC(=O)O)c1cccc([N+](=O)[O-])c1. The lowest BCUT2D eigenvalue weighted by Gasteiger charge is -2.30. The van der Waals surface area contributed by atoms with Crippen LogP contribution in [-0.2, 0) is 9.59 Å². The van der Waals surface area contributed by atoms with Gasteiger partial charge in [0, 0.05) is 37.5 Å². The molecule has 2 atom stereocenters. The van der Waals surface area contributed by atoms with E-state index in [1.54, 1.807) is 0 Å². The Kier molecular flexibility index (Phi) is 8.92. The van der Waals surface area contributed by atoms with E-state index < -0.39 is 53.3 Å². The average Bonchev–Trinajstić information content (AvgIpc) is 3.32. The number of nitrogens with zero attached hydrogens (tertiary/aromatic N) is 3. The predicted octanol–water partition coefficient (Wildman–Crippen LogP) is 2.44. The van der Waals surface area contributed by atoms with Crippen molar-refractivity contribution in [2.45, 2.75) is 18.6 Å². The second-order valence-electron chi connectivity index (χ2n) is 8.19. The van der Waals surface area contributed by atoms with Crippen LogP contribution in [-0.4, -0.2) is 69.6 Å². The molecule has 0 aliphatic carbocycles. The highest BCUT2D eigenvalue weighted by molar-refractivity contribution is 5.96. The van der Waals surface area contributed by atoms with Gasteiger partial charge in [-0.2, -0.15) is 0 Å². The quantitative estimate of drug-likeness (QED) is 0.220. The first-order chi connectivity index (χ1) is 18.1. The third-order valence-corrected chi connectivity index (χ3v) is 5.58. The minimum atomic E-state index is -1.51. The summed E-state index contributed by atoms with van der Waals surface area (Å²) in [5.74, 6) is -2.80. The zero-order chi connectivity index (χ0) is 27.8. The lowest BCUT2D eigenvalue weighted by Crippen LogP contribution is -2.56. The Balaban J connectivity index is 1.90. The van der Waals surface area contributed by atoms with Gasteiger partial charge in [0.2, 0.25) is 0 Å². The van der Waals surface area contributed by atoms with Gasteiger partial charge in [-0.3, -0.25) is 29.5 Å². The van der Waals surface area contributed by atoms with Crippen LogP contribution in [0, 0.1) is 15.9 Å². The molecule has 2 aromatic rings. The Morgan fingerprint density at radius 3 is 2.45 bits per heavy atom. The van der Waals surface area contributed by atoms with Crippen LogP contribution in [0.3, 0.4) is 0 Å². The molecule has 5 amide bonds. The van der Waals surface area contributed by atoms with Crippen molar-refractivity contribution in [3.8, 4) is 0 Å². The molecular weight excluding hydrogens is 503 g/mol. The molecule has 1 saturated heterocycles. The largest absolute Gasteiger partial charge is 0.481 e. The maximum Gasteiger partial charge on any atom is 0.323 e. The highest BCUT2D eigenvalue weighted by Gasteiger charge is 2.43. The van der Waals surface area contributed by atoms with Crippen molar-refractivity contribution >= 4 is 35.3 Å². The zero-order valence-corrected chi connectivity index (χ0v) is 20.0. The fourth-order valence-electron chi connectivity index (χ4n) is 3.89. The van der Waals surface area contributed by atoms with Crippen molar-refractivity contribution in [2.24, 2.45) is 0 Å². The Bertz CT molecular complexity index is 1260. The number of anilines is 1. The second-order valence-corrected chi connectivity index (χ2v) is 8.19. The summed E-state index contributed by atoms with van der Waals surface area (Å²) in [6.07, 6.45) is -0.719. The van der Waals surface area contributed by atoms with Gasteiger partial charge in [0.1, 0.15) is 5.82 Å². The molecule has 1 fully saturated rings. The Labute approximate surface area is 216 Å². The summed E-state index contributed by atoms with van der Waals surface area (Å²) in [6, 6.07) is 7.47. The van der Waals surface area contributed by atoms with Gasteiger partial charge in [-0.25, -0.2) is 14.0 Å². The van der Waals surface area contributed by atoms with Gasteiger partial charge in [0.15, 0.2) is 6.17 Å². The topological polar surface area (TPSA) is 174 Å². The molecule has 1 aliphatic heterocycles. The molecule has 1 aliphatic rings. The number of carboxylic acids is 1. The number of carboxylic acid groups (broad SMARTS) is 1. The lowest BCUT2D eigenvalue weighted by molar-refractivity contribution is -0.384. The van der Waals surface area contributed by atoms with E-state index >= 15 is 0 Å². The molecule has 13 nitrogen and oxygen atoms in total. The van der Waals surface area contributed by atoms with Crippen LogP contribution in [0.1, 0.15) is 18.0 Å². The van der Waals surface area contributed by atoms with Crippen LogP contribution < -0.4 is 16.0 Å². The van der Waals surface area contributed by atoms with Crippen LogP contribution in [0.2, 0.25) is 0 Å². The van der Waals surface area contributed by atoms with Crippen LogP contribution in [0.25, 0.3) is 0 Å². The van der Waals surface area contributed by atoms with E-state index in [0.29, 0.717) is 0 Å². The van der Waals surface area contributed by atoms with Crippen molar-refractivity contribution in [3.63, 3.8) is 0 Å². The van der Waals surface area contributed by atoms with Gasteiger partial charge in [-0.05, 0) is 23.8 Å². The van der Waals surface area contributed by atoms with Gasteiger partial charge in [0.05, 0.1) is 17.4 Å². The number of rotatable bonds is 9.